The summed E-state index contributed by atoms with van der Waals surface area (Å²) in [4.78, 5) is 0. The lowest BCUT2D eigenvalue weighted by Crippen LogP contribution is -2.34. The molecular weight excluding hydrogens is 250 g/mol. The first kappa shape index (κ1) is 15.5. The van der Waals surface area contributed by atoms with Crippen LogP contribution >= 0.6 is 0 Å². The Labute approximate surface area is 112 Å². The normalized spacial score (nSPS) is 14.7. The molecular formula is C15H18F2O2. The highest BCUT2D eigenvalue weighted by atomic mass is 19.3. The quantitative estimate of drug-likeness (QED) is 0.733. The fraction of sp³-hybridized carbons (Fsp3) is 0.333. The van der Waals surface area contributed by atoms with E-state index < -0.39 is 18.1 Å². The van der Waals surface area contributed by atoms with E-state index in [0.29, 0.717) is 6.08 Å². The fourth-order valence-electron chi connectivity index (χ4n) is 1.52. The molecule has 0 aliphatic rings. The van der Waals surface area contributed by atoms with Crippen LogP contribution in [-0.4, -0.2) is 23.2 Å². The summed E-state index contributed by atoms with van der Waals surface area (Å²) in [6.45, 7) is 6.81. The number of halogens is 2. The Morgan fingerprint density at radius 3 is 2.42 bits per heavy atom. The van der Waals surface area contributed by atoms with Gasteiger partial charge in [0.1, 0.15) is 6.10 Å². The molecule has 4 heteroatoms. The van der Waals surface area contributed by atoms with Crippen molar-refractivity contribution in [1.29, 1.82) is 0 Å². The summed E-state index contributed by atoms with van der Waals surface area (Å²) in [6, 6.07) is 9.34. The average molecular weight is 268 g/mol. The Bertz CT molecular complexity index is 404. The van der Waals surface area contributed by atoms with Crippen molar-refractivity contribution in [3.05, 3.63) is 61.2 Å². The first-order chi connectivity index (χ1) is 8.99. The number of hydrogen-bond donors (Lipinski definition) is 1. The van der Waals surface area contributed by atoms with Crippen molar-refractivity contribution >= 4 is 0 Å². The van der Waals surface area contributed by atoms with Gasteiger partial charge in [-0.1, -0.05) is 43.0 Å². The summed E-state index contributed by atoms with van der Waals surface area (Å²) in [6.07, 6.45) is -0.847. The van der Waals surface area contributed by atoms with Crippen molar-refractivity contribution in [1.82, 2.24) is 0 Å². The van der Waals surface area contributed by atoms with Crippen molar-refractivity contribution in [2.75, 3.05) is 0 Å². The van der Waals surface area contributed by atoms with Gasteiger partial charge in [0.15, 0.2) is 0 Å². The SMILES string of the molecule is C=CC(C[C@H](O)C(F)(F)C=C)OCc1ccccc1. The molecule has 0 saturated heterocycles. The molecule has 1 N–H and O–H groups in total. The molecule has 0 radical (unpaired) electrons. The zero-order chi connectivity index (χ0) is 14.3. The second-order valence-corrected chi connectivity index (χ2v) is 4.20. The molecule has 2 atom stereocenters. The summed E-state index contributed by atoms with van der Waals surface area (Å²) in [7, 11) is 0. The highest BCUT2D eigenvalue weighted by Gasteiger charge is 2.35. The maximum absolute atomic E-state index is 13.1. The van der Waals surface area contributed by atoms with Crippen molar-refractivity contribution in [2.24, 2.45) is 0 Å². The van der Waals surface area contributed by atoms with E-state index in [1.165, 1.54) is 6.08 Å². The summed E-state index contributed by atoms with van der Waals surface area (Å²) in [5, 5.41) is 9.43. The van der Waals surface area contributed by atoms with Gasteiger partial charge in [-0.2, -0.15) is 8.78 Å². The van der Waals surface area contributed by atoms with E-state index in [2.05, 4.69) is 13.2 Å². The molecule has 0 heterocycles. The van der Waals surface area contributed by atoms with Gasteiger partial charge in [-0.15, -0.1) is 6.58 Å². The van der Waals surface area contributed by atoms with Crippen LogP contribution in [0.5, 0.6) is 0 Å². The van der Waals surface area contributed by atoms with Crippen molar-refractivity contribution in [3.63, 3.8) is 0 Å². The number of rotatable bonds is 8. The number of aliphatic hydroxyl groups is 1. The summed E-state index contributed by atoms with van der Waals surface area (Å²) >= 11 is 0. The van der Waals surface area contributed by atoms with Gasteiger partial charge in [0, 0.05) is 6.42 Å². The maximum atomic E-state index is 13.1. The minimum atomic E-state index is -3.32. The summed E-state index contributed by atoms with van der Waals surface area (Å²) in [5.41, 5.74) is 0.930. The van der Waals surface area contributed by atoms with Gasteiger partial charge in [-0.05, 0) is 11.6 Å². The Morgan fingerprint density at radius 1 is 1.26 bits per heavy atom. The molecule has 1 unspecified atom stereocenters. The molecule has 1 aromatic rings. The number of ether oxygens (including phenoxy) is 1. The largest absolute Gasteiger partial charge is 0.386 e. The molecule has 0 bridgehead atoms. The molecule has 0 amide bonds. The predicted molar refractivity (Wildman–Crippen MR) is 71.0 cm³/mol. The third kappa shape index (κ3) is 4.93. The van der Waals surface area contributed by atoms with Crippen LogP contribution in [0, 0.1) is 0 Å². The van der Waals surface area contributed by atoms with Crippen LogP contribution < -0.4 is 0 Å². The average Bonchev–Trinajstić information content (AvgIpc) is 2.44. The van der Waals surface area contributed by atoms with E-state index in [4.69, 9.17) is 4.74 Å². The summed E-state index contributed by atoms with van der Waals surface area (Å²) in [5.74, 6) is -3.32. The van der Waals surface area contributed by atoms with Crippen molar-refractivity contribution < 1.29 is 18.6 Å². The topological polar surface area (TPSA) is 29.5 Å². The van der Waals surface area contributed by atoms with E-state index in [0.717, 1.165) is 5.56 Å². The molecule has 0 spiro atoms. The molecule has 0 saturated carbocycles. The number of hydrogen-bond acceptors (Lipinski definition) is 2. The molecule has 0 aromatic heterocycles. The molecule has 1 aromatic carbocycles. The lowest BCUT2D eigenvalue weighted by Gasteiger charge is -2.22. The fourth-order valence-corrected chi connectivity index (χ4v) is 1.52. The highest BCUT2D eigenvalue weighted by Crippen LogP contribution is 2.24. The Morgan fingerprint density at radius 2 is 1.89 bits per heavy atom. The lowest BCUT2D eigenvalue weighted by atomic mass is 10.1. The van der Waals surface area contributed by atoms with Crippen LogP contribution in [0.2, 0.25) is 0 Å². The van der Waals surface area contributed by atoms with E-state index in [-0.39, 0.29) is 13.0 Å². The van der Waals surface area contributed by atoms with Crippen LogP contribution in [0.3, 0.4) is 0 Å². The molecule has 0 aliphatic carbocycles. The zero-order valence-corrected chi connectivity index (χ0v) is 10.6. The lowest BCUT2D eigenvalue weighted by molar-refractivity contribution is -0.0902. The van der Waals surface area contributed by atoms with Crippen molar-refractivity contribution in [3.8, 4) is 0 Å². The van der Waals surface area contributed by atoms with E-state index >= 15 is 0 Å². The van der Waals surface area contributed by atoms with Crippen LogP contribution in [-0.2, 0) is 11.3 Å². The maximum Gasteiger partial charge on any atom is 0.291 e. The second-order valence-electron chi connectivity index (χ2n) is 4.20. The van der Waals surface area contributed by atoms with Crippen LogP contribution in [0.15, 0.2) is 55.6 Å². The minimum Gasteiger partial charge on any atom is -0.386 e. The second kappa shape index (κ2) is 7.16. The molecule has 1 rings (SSSR count). The highest BCUT2D eigenvalue weighted by molar-refractivity contribution is 5.13. The van der Waals surface area contributed by atoms with E-state index in [9.17, 15) is 13.9 Å². The van der Waals surface area contributed by atoms with E-state index in [1.807, 2.05) is 30.3 Å². The third-order valence-corrected chi connectivity index (χ3v) is 2.74. The van der Waals surface area contributed by atoms with Gasteiger partial charge >= 0.3 is 0 Å². The Hall–Kier alpha value is -1.52. The van der Waals surface area contributed by atoms with Gasteiger partial charge in [0.25, 0.3) is 5.92 Å². The first-order valence-electron chi connectivity index (χ1n) is 5.97. The van der Waals surface area contributed by atoms with Crippen molar-refractivity contribution in [2.45, 2.75) is 31.2 Å². The van der Waals surface area contributed by atoms with Crippen LogP contribution in [0.25, 0.3) is 0 Å². The van der Waals surface area contributed by atoms with Gasteiger partial charge in [-0.3, -0.25) is 0 Å². The Balaban J connectivity index is 2.50. The smallest absolute Gasteiger partial charge is 0.291 e. The summed E-state index contributed by atoms with van der Waals surface area (Å²) < 4.78 is 31.7. The van der Waals surface area contributed by atoms with Gasteiger partial charge in [-0.25, -0.2) is 0 Å². The molecule has 104 valence electrons. The standard InChI is InChI=1S/C15H18F2O2/c1-3-13(10-14(18)15(16,17)4-2)19-11-12-8-6-5-7-9-12/h3-9,13-14,18H,1-2,10-11H2/t13?,14-/m0/s1. The molecule has 2 nitrogen and oxygen atoms in total. The molecule has 19 heavy (non-hydrogen) atoms. The molecule has 0 fully saturated rings. The van der Waals surface area contributed by atoms with Crippen LogP contribution in [0.4, 0.5) is 8.78 Å². The number of benzene rings is 1. The van der Waals surface area contributed by atoms with Gasteiger partial charge in [0.2, 0.25) is 0 Å². The molecule has 0 aliphatic heterocycles. The Kier molecular flexibility index (Phi) is 5.86. The predicted octanol–water partition coefficient (Wildman–Crippen LogP) is 3.33. The van der Waals surface area contributed by atoms with Gasteiger partial charge < -0.3 is 9.84 Å². The van der Waals surface area contributed by atoms with E-state index in [1.54, 1.807) is 0 Å². The zero-order valence-electron chi connectivity index (χ0n) is 10.6. The number of alkyl halides is 2. The van der Waals surface area contributed by atoms with Crippen LogP contribution in [0.1, 0.15) is 12.0 Å². The monoisotopic (exact) mass is 268 g/mol. The minimum absolute atomic E-state index is 0.227. The third-order valence-electron chi connectivity index (χ3n) is 2.74. The number of aliphatic hydroxyl groups excluding tert-OH is 1. The van der Waals surface area contributed by atoms with Gasteiger partial charge in [0.05, 0.1) is 12.7 Å². The first-order valence-corrected chi connectivity index (χ1v) is 5.97.